The molecule has 0 aliphatic heterocycles. The summed E-state index contributed by atoms with van der Waals surface area (Å²) in [5, 5.41) is 0. The van der Waals surface area contributed by atoms with Crippen LogP contribution in [-0.4, -0.2) is 31.0 Å². The van der Waals surface area contributed by atoms with Crippen molar-refractivity contribution >= 4 is 28.5 Å². The zero-order valence-corrected chi connectivity index (χ0v) is 11.5. The summed E-state index contributed by atoms with van der Waals surface area (Å²) in [4.78, 5) is 13.4. The lowest BCUT2D eigenvalue weighted by molar-refractivity contribution is 0.0827. The highest BCUT2D eigenvalue weighted by atomic mass is 127. The van der Waals surface area contributed by atoms with Crippen molar-refractivity contribution in [1.29, 1.82) is 0 Å². The van der Waals surface area contributed by atoms with Crippen LogP contribution in [0.3, 0.4) is 0 Å². The fraction of sp³-hybridized carbons (Fsp3) is 0.417. The third-order valence-corrected chi connectivity index (χ3v) is 2.97. The Morgan fingerprint density at radius 3 is 2.62 bits per heavy atom. The van der Waals surface area contributed by atoms with Crippen molar-refractivity contribution in [3.63, 3.8) is 0 Å². The zero-order chi connectivity index (χ0) is 11.7. The molecule has 0 radical (unpaired) electrons. The van der Waals surface area contributed by atoms with Crippen LogP contribution in [0, 0.1) is 3.57 Å². The Morgan fingerprint density at radius 1 is 1.38 bits per heavy atom. The van der Waals surface area contributed by atoms with Gasteiger partial charge < -0.3 is 9.64 Å². The van der Waals surface area contributed by atoms with Crippen molar-refractivity contribution in [3.8, 4) is 5.75 Å². The Balaban J connectivity index is 2.23. The van der Waals surface area contributed by atoms with Crippen molar-refractivity contribution in [3.05, 3.63) is 27.3 Å². The minimum Gasteiger partial charge on any atom is -0.490 e. The maximum absolute atomic E-state index is 11.8. The summed E-state index contributed by atoms with van der Waals surface area (Å²) in [6, 6.07) is 5.66. The van der Waals surface area contributed by atoms with Gasteiger partial charge in [0.1, 0.15) is 5.75 Å². The standard InChI is InChI=1S/C12H14INO2/c1-14(2)12(15)8-5-9(13)7-11(6-8)16-10-3-4-10/h5-7,10H,3-4H2,1-2H3. The van der Waals surface area contributed by atoms with E-state index in [-0.39, 0.29) is 5.91 Å². The molecular formula is C12H14INO2. The summed E-state index contributed by atoms with van der Waals surface area (Å²) < 4.78 is 6.73. The molecule has 1 aliphatic rings. The molecule has 3 nitrogen and oxygen atoms in total. The van der Waals surface area contributed by atoms with Gasteiger partial charge in [-0.15, -0.1) is 0 Å². The summed E-state index contributed by atoms with van der Waals surface area (Å²) in [6.07, 6.45) is 2.62. The van der Waals surface area contributed by atoms with E-state index < -0.39 is 0 Å². The summed E-state index contributed by atoms with van der Waals surface area (Å²) in [5.41, 5.74) is 0.688. The molecule has 0 unspecified atom stereocenters. The molecule has 1 saturated carbocycles. The van der Waals surface area contributed by atoms with Gasteiger partial charge in [-0.25, -0.2) is 0 Å². The lowest BCUT2D eigenvalue weighted by Gasteiger charge is -2.12. The fourth-order valence-electron chi connectivity index (χ4n) is 1.39. The maximum Gasteiger partial charge on any atom is 0.253 e. The molecule has 1 aromatic rings. The second-order valence-corrected chi connectivity index (χ2v) is 5.44. The normalized spacial score (nSPS) is 14.7. The number of hydrogen-bond donors (Lipinski definition) is 0. The minimum atomic E-state index is 0.0131. The first kappa shape index (κ1) is 11.7. The highest BCUT2D eigenvalue weighted by Gasteiger charge is 2.24. The Bertz CT molecular complexity index is 413. The largest absolute Gasteiger partial charge is 0.490 e. The van der Waals surface area contributed by atoms with Crippen LogP contribution in [0.25, 0.3) is 0 Å². The van der Waals surface area contributed by atoms with Gasteiger partial charge in [0, 0.05) is 23.2 Å². The molecule has 0 bridgehead atoms. The van der Waals surface area contributed by atoms with E-state index in [4.69, 9.17) is 4.74 Å². The number of carbonyl (C=O) groups excluding carboxylic acids is 1. The van der Waals surface area contributed by atoms with Crippen LogP contribution in [0.4, 0.5) is 0 Å². The van der Waals surface area contributed by atoms with Gasteiger partial charge in [-0.2, -0.15) is 0 Å². The average molecular weight is 331 g/mol. The molecule has 1 fully saturated rings. The number of carbonyl (C=O) groups is 1. The molecule has 16 heavy (non-hydrogen) atoms. The molecular weight excluding hydrogens is 317 g/mol. The van der Waals surface area contributed by atoms with Gasteiger partial charge in [0.25, 0.3) is 5.91 Å². The van der Waals surface area contributed by atoms with Crippen LogP contribution in [-0.2, 0) is 0 Å². The molecule has 0 N–H and O–H groups in total. The topological polar surface area (TPSA) is 29.5 Å². The van der Waals surface area contributed by atoms with Crippen LogP contribution in [0.1, 0.15) is 23.2 Å². The van der Waals surface area contributed by atoms with Crippen molar-refractivity contribution in [2.24, 2.45) is 0 Å². The Labute approximate surface area is 109 Å². The van der Waals surface area contributed by atoms with Crippen LogP contribution in [0.2, 0.25) is 0 Å². The van der Waals surface area contributed by atoms with E-state index >= 15 is 0 Å². The van der Waals surface area contributed by atoms with E-state index in [0.717, 1.165) is 22.2 Å². The number of benzene rings is 1. The zero-order valence-electron chi connectivity index (χ0n) is 9.37. The molecule has 0 saturated heterocycles. The van der Waals surface area contributed by atoms with E-state index in [0.29, 0.717) is 11.7 Å². The third-order valence-electron chi connectivity index (χ3n) is 2.35. The van der Waals surface area contributed by atoms with Crippen molar-refractivity contribution in [1.82, 2.24) is 4.90 Å². The van der Waals surface area contributed by atoms with E-state index in [2.05, 4.69) is 22.6 Å². The highest BCUT2D eigenvalue weighted by molar-refractivity contribution is 14.1. The van der Waals surface area contributed by atoms with Crippen molar-refractivity contribution in [2.45, 2.75) is 18.9 Å². The van der Waals surface area contributed by atoms with Gasteiger partial charge in [0.2, 0.25) is 0 Å². The predicted octanol–water partition coefficient (Wildman–Crippen LogP) is 2.53. The molecule has 0 aromatic heterocycles. The molecule has 0 atom stereocenters. The van der Waals surface area contributed by atoms with Gasteiger partial charge in [-0.05, 0) is 53.6 Å². The molecule has 4 heteroatoms. The summed E-state index contributed by atoms with van der Waals surface area (Å²) in [6.45, 7) is 0. The van der Waals surface area contributed by atoms with Gasteiger partial charge in [-0.3, -0.25) is 4.79 Å². The second-order valence-electron chi connectivity index (χ2n) is 4.19. The molecule has 0 spiro atoms. The molecule has 2 rings (SSSR count). The Morgan fingerprint density at radius 2 is 2.06 bits per heavy atom. The number of amides is 1. The number of ether oxygens (including phenoxy) is 1. The average Bonchev–Trinajstić information content (AvgIpc) is 2.99. The van der Waals surface area contributed by atoms with Crippen LogP contribution in [0.5, 0.6) is 5.75 Å². The van der Waals surface area contributed by atoms with Crippen molar-refractivity contribution in [2.75, 3.05) is 14.1 Å². The molecule has 86 valence electrons. The van der Waals surface area contributed by atoms with E-state index in [1.165, 1.54) is 0 Å². The Hall–Kier alpha value is -0.780. The van der Waals surface area contributed by atoms with E-state index in [1.54, 1.807) is 19.0 Å². The number of halogens is 1. The fourth-order valence-corrected chi connectivity index (χ4v) is 2.03. The first-order chi connectivity index (χ1) is 7.56. The minimum absolute atomic E-state index is 0.0131. The Kier molecular flexibility index (Phi) is 3.37. The lowest BCUT2D eigenvalue weighted by Crippen LogP contribution is -2.21. The van der Waals surface area contributed by atoms with Gasteiger partial charge in [-0.1, -0.05) is 0 Å². The van der Waals surface area contributed by atoms with Gasteiger partial charge in [0.15, 0.2) is 0 Å². The molecule has 1 aromatic carbocycles. The van der Waals surface area contributed by atoms with Gasteiger partial charge >= 0.3 is 0 Å². The lowest BCUT2D eigenvalue weighted by atomic mass is 10.2. The predicted molar refractivity (Wildman–Crippen MR) is 70.8 cm³/mol. The number of nitrogens with zero attached hydrogens (tertiary/aromatic N) is 1. The molecule has 1 aliphatic carbocycles. The highest BCUT2D eigenvalue weighted by Crippen LogP contribution is 2.28. The second kappa shape index (κ2) is 4.61. The van der Waals surface area contributed by atoms with Crippen molar-refractivity contribution < 1.29 is 9.53 Å². The van der Waals surface area contributed by atoms with Crippen LogP contribution >= 0.6 is 22.6 Å². The summed E-state index contributed by atoms with van der Waals surface area (Å²) >= 11 is 2.20. The quantitative estimate of drug-likeness (QED) is 0.797. The first-order valence-corrected chi connectivity index (χ1v) is 6.33. The maximum atomic E-state index is 11.8. The van der Waals surface area contributed by atoms with Crippen LogP contribution < -0.4 is 4.74 Å². The smallest absolute Gasteiger partial charge is 0.253 e. The first-order valence-electron chi connectivity index (χ1n) is 5.25. The monoisotopic (exact) mass is 331 g/mol. The number of rotatable bonds is 3. The summed E-state index contributed by atoms with van der Waals surface area (Å²) in [7, 11) is 3.51. The van der Waals surface area contributed by atoms with Crippen LogP contribution in [0.15, 0.2) is 18.2 Å². The SMILES string of the molecule is CN(C)C(=O)c1cc(I)cc(OC2CC2)c1. The molecule has 0 heterocycles. The summed E-state index contributed by atoms with van der Waals surface area (Å²) in [5.74, 6) is 0.818. The number of hydrogen-bond acceptors (Lipinski definition) is 2. The molecule has 1 amide bonds. The third kappa shape index (κ3) is 2.87. The van der Waals surface area contributed by atoms with Gasteiger partial charge in [0.05, 0.1) is 6.10 Å². The van der Waals surface area contributed by atoms with E-state index in [9.17, 15) is 4.79 Å². The van der Waals surface area contributed by atoms with E-state index in [1.807, 2.05) is 18.2 Å².